The van der Waals surface area contributed by atoms with Gasteiger partial charge < -0.3 is 5.32 Å². The number of hydrogen-bond donors (Lipinski definition) is 1. The molecule has 0 atom stereocenters. The molecule has 2 aromatic heterocycles. The third-order valence-electron chi connectivity index (χ3n) is 2.50. The number of thiophene rings is 1. The maximum atomic E-state index is 10.7. The average molecular weight is 383 g/mol. The number of anilines is 2. The van der Waals surface area contributed by atoms with Crippen molar-refractivity contribution in [1.29, 1.82) is 0 Å². The van der Waals surface area contributed by atoms with Crippen molar-refractivity contribution in [1.82, 2.24) is 10.2 Å². The lowest BCUT2D eigenvalue weighted by Crippen LogP contribution is -1.88. The molecule has 0 saturated heterocycles. The lowest BCUT2D eigenvalue weighted by molar-refractivity contribution is -0.380. The van der Waals surface area contributed by atoms with Crippen LogP contribution in [-0.2, 0) is 0 Å². The van der Waals surface area contributed by atoms with Crippen molar-refractivity contribution in [2.75, 3.05) is 5.32 Å². The van der Waals surface area contributed by atoms with E-state index in [1.54, 1.807) is 6.07 Å². The number of rotatable bonds is 4. The van der Waals surface area contributed by atoms with Gasteiger partial charge in [0.05, 0.1) is 9.80 Å². The van der Waals surface area contributed by atoms with Crippen LogP contribution in [0.5, 0.6) is 0 Å². The summed E-state index contributed by atoms with van der Waals surface area (Å²) in [6.45, 7) is 0. The Labute approximate surface area is 135 Å². The second-order valence-corrected chi connectivity index (χ2v) is 6.89. The fraction of sp³-hybridized carbons (Fsp3) is 0. The molecule has 0 spiro atoms. The maximum absolute atomic E-state index is 10.7. The maximum Gasteiger partial charge on any atom is 0.324 e. The summed E-state index contributed by atoms with van der Waals surface area (Å²) in [7, 11) is 0. The summed E-state index contributed by atoms with van der Waals surface area (Å²) in [6.07, 6.45) is 0. The van der Waals surface area contributed by atoms with E-state index in [4.69, 9.17) is 0 Å². The molecule has 9 heteroatoms. The number of nitrogens with one attached hydrogen (secondary N) is 1. The molecule has 1 aromatic carbocycles. The molecule has 2 heterocycles. The van der Waals surface area contributed by atoms with E-state index in [2.05, 4.69) is 31.4 Å². The van der Waals surface area contributed by atoms with Gasteiger partial charge in [0.2, 0.25) is 5.13 Å². The molecule has 0 saturated carbocycles. The second-order valence-electron chi connectivity index (χ2n) is 3.94. The van der Waals surface area contributed by atoms with Gasteiger partial charge in [0, 0.05) is 16.2 Å². The first-order valence-electron chi connectivity index (χ1n) is 5.72. The molecule has 0 aliphatic rings. The minimum Gasteiger partial charge on any atom is -0.330 e. The van der Waals surface area contributed by atoms with Gasteiger partial charge in [0.1, 0.15) is 0 Å². The van der Waals surface area contributed by atoms with Crippen molar-refractivity contribution < 1.29 is 4.92 Å². The smallest absolute Gasteiger partial charge is 0.324 e. The molecule has 0 bridgehead atoms. The predicted octanol–water partition coefficient (Wildman–Crippen LogP) is 4.68. The lowest BCUT2D eigenvalue weighted by atomic mass is 10.3. The van der Waals surface area contributed by atoms with Crippen LogP contribution in [0.3, 0.4) is 0 Å². The first-order chi connectivity index (χ1) is 10.1. The van der Waals surface area contributed by atoms with Crippen molar-refractivity contribution in [2.24, 2.45) is 0 Å². The Bertz CT molecular complexity index is 785. The molecule has 106 valence electrons. The van der Waals surface area contributed by atoms with Gasteiger partial charge in [-0.05, 0) is 30.3 Å². The molecular formula is C12H7BrN4O2S2. The van der Waals surface area contributed by atoms with Crippen LogP contribution in [0.2, 0.25) is 0 Å². The van der Waals surface area contributed by atoms with Crippen molar-refractivity contribution in [2.45, 2.75) is 0 Å². The zero-order valence-corrected chi connectivity index (χ0v) is 13.5. The van der Waals surface area contributed by atoms with Gasteiger partial charge in [0.25, 0.3) is 0 Å². The largest absolute Gasteiger partial charge is 0.330 e. The zero-order chi connectivity index (χ0) is 14.8. The van der Waals surface area contributed by atoms with Gasteiger partial charge in [0.15, 0.2) is 5.01 Å². The lowest BCUT2D eigenvalue weighted by Gasteiger charge is -2.00. The highest BCUT2D eigenvalue weighted by Gasteiger charge is 2.14. The average Bonchev–Trinajstić information content (AvgIpc) is 3.10. The van der Waals surface area contributed by atoms with Crippen molar-refractivity contribution in [3.8, 4) is 9.88 Å². The Hall–Kier alpha value is -1.84. The van der Waals surface area contributed by atoms with E-state index >= 15 is 0 Å². The molecule has 0 aliphatic heterocycles. The SMILES string of the molecule is O=[N+]([O-])c1ccc(-c2nnc(Nc3ccc(Br)cc3)s2)s1. The molecular weight excluding hydrogens is 376 g/mol. The summed E-state index contributed by atoms with van der Waals surface area (Å²) in [5, 5.41) is 23.3. The monoisotopic (exact) mass is 382 g/mol. The summed E-state index contributed by atoms with van der Waals surface area (Å²) in [5.41, 5.74) is 0.901. The Balaban J connectivity index is 1.79. The fourth-order valence-corrected chi connectivity index (χ4v) is 3.47. The molecule has 0 amide bonds. The fourth-order valence-electron chi connectivity index (χ4n) is 1.57. The second kappa shape index (κ2) is 5.88. The van der Waals surface area contributed by atoms with Crippen molar-refractivity contribution >= 4 is 54.4 Å². The number of hydrogen-bond acceptors (Lipinski definition) is 7. The van der Waals surface area contributed by atoms with Crippen LogP contribution in [0.25, 0.3) is 9.88 Å². The highest BCUT2D eigenvalue weighted by molar-refractivity contribution is 9.10. The van der Waals surface area contributed by atoms with Gasteiger partial charge in [-0.2, -0.15) is 0 Å². The van der Waals surface area contributed by atoms with Crippen LogP contribution < -0.4 is 5.32 Å². The van der Waals surface area contributed by atoms with E-state index in [1.807, 2.05) is 24.3 Å². The standard InChI is InChI=1S/C12H7BrN4O2S2/c13-7-1-3-8(4-2-7)14-12-16-15-11(21-12)9-5-6-10(20-9)17(18)19/h1-6H,(H,14,16). The van der Waals surface area contributed by atoms with Crippen LogP contribution in [0, 0.1) is 10.1 Å². The molecule has 0 aliphatic carbocycles. The zero-order valence-electron chi connectivity index (χ0n) is 10.3. The molecule has 6 nitrogen and oxygen atoms in total. The van der Waals surface area contributed by atoms with Crippen LogP contribution in [-0.4, -0.2) is 15.1 Å². The Morgan fingerprint density at radius 3 is 2.52 bits per heavy atom. The summed E-state index contributed by atoms with van der Waals surface area (Å²) in [4.78, 5) is 11.0. The Morgan fingerprint density at radius 1 is 1.10 bits per heavy atom. The van der Waals surface area contributed by atoms with Gasteiger partial charge in [-0.1, -0.05) is 38.6 Å². The van der Waals surface area contributed by atoms with Crippen molar-refractivity contribution in [3.63, 3.8) is 0 Å². The topological polar surface area (TPSA) is 81.0 Å². The molecule has 1 N–H and O–H groups in total. The van der Waals surface area contributed by atoms with Gasteiger partial charge in [-0.15, -0.1) is 10.2 Å². The quantitative estimate of drug-likeness (QED) is 0.523. The molecule has 0 unspecified atom stereocenters. The third-order valence-corrected chi connectivity index (χ3v) is 5.08. The van der Waals surface area contributed by atoms with Gasteiger partial charge in [-0.3, -0.25) is 10.1 Å². The number of halogens is 1. The van der Waals surface area contributed by atoms with E-state index in [0.29, 0.717) is 10.1 Å². The van der Waals surface area contributed by atoms with Crippen molar-refractivity contribution in [3.05, 3.63) is 51.0 Å². The third kappa shape index (κ3) is 3.26. The van der Waals surface area contributed by atoms with E-state index in [1.165, 1.54) is 17.4 Å². The first-order valence-corrected chi connectivity index (χ1v) is 8.15. The Kier molecular flexibility index (Phi) is 3.95. The van der Waals surface area contributed by atoms with Crippen LogP contribution >= 0.6 is 38.6 Å². The first kappa shape index (κ1) is 14.1. The van der Waals surface area contributed by atoms with Crippen LogP contribution in [0.4, 0.5) is 15.8 Å². The number of nitrogens with zero attached hydrogens (tertiary/aromatic N) is 3. The highest BCUT2D eigenvalue weighted by Crippen LogP contribution is 2.35. The summed E-state index contributed by atoms with van der Waals surface area (Å²) < 4.78 is 0.997. The van der Waals surface area contributed by atoms with Crippen LogP contribution in [0.15, 0.2) is 40.9 Å². The number of benzene rings is 1. The minimum absolute atomic E-state index is 0.0996. The predicted molar refractivity (Wildman–Crippen MR) is 87.3 cm³/mol. The molecule has 21 heavy (non-hydrogen) atoms. The van der Waals surface area contributed by atoms with Crippen LogP contribution in [0.1, 0.15) is 0 Å². The highest BCUT2D eigenvalue weighted by atomic mass is 79.9. The molecule has 3 rings (SSSR count). The number of aromatic nitrogens is 2. The summed E-state index contributed by atoms with van der Waals surface area (Å²) >= 11 is 5.82. The van der Waals surface area contributed by atoms with E-state index < -0.39 is 4.92 Å². The number of nitro groups is 1. The molecule has 0 radical (unpaired) electrons. The van der Waals surface area contributed by atoms with Gasteiger partial charge >= 0.3 is 5.00 Å². The van der Waals surface area contributed by atoms with E-state index in [-0.39, 0.29) is 5.00 Å². The van der Waals surface area contributed by atoms with E-state index in [0.717, 1.165) is 26.4 Å². The summed E-state index contributed by atoms with van der Waals surface area (Å²) in [6, 6.07) is 10.8. The Morgan fingerprint density at radius 2 is 1.86 bits per heavy atom. The van der Waals surface area contributed by atoms with E-state index in [9.17, 15) is 10.1 Å². The molecule has 3 aromatic rings. The minimum atomic E-state index is -0.407. The summed E-state index contributed by atoms with van der Waals surface area (Å²) in [5.74, 6) is 0. The molecule has 0 fully saturated rings. The van der Waals surface area contributed by atoms with Gasteiger partial charge in [-0.25, -0.2) is 0 Å². The normalized spacial score (nSPS) is 10.5.